The minimum Gasteiger partial charge on any atom is -0.347 e. The lowest BCUT2D eigenvalue weighted by atomic mass is 9.83. The molecule has 1 fully saturated rings. The summed E-state index contributed by atoms with van der Waals surface area (Å²) < 4.78 is 0. The van der Waals surface area contributed by atoms with Crippen molar-refractivity contribution in [2.75, 3.05) is 0 Å². The first kappa shape index (κ1) is 12.5. The van der Waals surface area contributed by atoms with E-state index in [4.69, 9.17) is 0 Å². The molecule has 1 aromatic rings. The lowest BCUT2D eigenvalue weighted by Crippen LogP contribution is -2.47. The molecule has 0 aliphatic heterocycles. The van der Waals surface area contributed by atoms with Crippen LogP contribution in [-0.4, -0.2) is 11.4 Å². The molecule has 0 saturated heterocycles. The number of carbonyl (C=O) groups excluding carboxylic acids is 1. The molecule has 0 spiro atoms. The van der Waals surface area contributed by atoms with Gasteiger partial charge in [-0.25, -0.2) is 0 Å². The second-order valence-electron chi connectivity index (χ2n) is 5.13. The van der Waals surface area contributed by atoms with Crippen molar-refractivity contribution in [3.05, 3.63) is 29.8 Å². The van der Waals surface area contributed by atoms with E-state index in [1.807, 2.05) is 24.3 Å². The number of benzene rings is 1. The molecule has 1 saturated carbocycles. The minimum atomic E-state index is -0.0259. The van der Waals surface area contributed by atoms with E-state index in [-0.39, 0.29) is 11.4 Å². The Labute approximate surface area is 108 Å². The molecule has 1 amide bonds. The van der Waals surface area contributed by atoms with Gasteiger partial charge in [-0.3, -0.25) is 4.79 Å². The molecular weight excluding hydrogens is 230 g/mol. The summed E-state index contributed by atoms with van der Waals surface area (Å²) in [4.78, 5) is 13.0. The predicted molar refractivity (Wildman–Crippen MR) is 72.7 cm³/mol. The van der Waals surface area contributed by atoms with Crippen molar-refractivity contribution in [3.63, 3.8) is 0 Å². The zero-order valence-electron chi connectivity index (χ0n) is 10.2. The van der Waals surface area contributed by atoms with Gasteiger partial charge in [-0.2, -0.15) is 0 Å². The van der Waals surface area contributed by atoms with Gasteiger partial charge in [0, 0.05) is 16.0 Å². The van der Waals surface area contributed by atoms with E-state index in [1.54, 1.807) is 0 Å². The van der Waals surface area contributed by atoms with Crippen LogP contribution in [0.3, 0.4) is 0 Å². The molecule has 0 unspecified atom stereocenters. The van der Waals surface area contributed by atoms with E-state index in [0.29, 0.717) is 5.56 Å². The molecule has 0 radical (unpaired) electrons. The minimum absolute atomic E-state index is 0.0188. The molecule has 2 nitrogen and oxygen atoms in total. The monoisotopic (exact) mass is 249 g/mol. The van der Waals surface area contributed by atoms with Crippen LogP contribution in [0.4, 0.5) is 0 Å². The lowest BCUT2D eigenvalue weighted by Gasteiger charge is -2.34. The van der Waals surface area contributed by atoms with Gasteiger partial charge < -0.3 is 5.32 Å². The topological polar surface area (TPSA) is 29.1 Å². The Morgan fingerprint density at radius 2 is 2.00 bits per heavy atom. The van der Waals surface area contributed by atoms with Crippen molar-refractivity contribution in [3.8, 4) is 0 Å². The van der Waals surface area contributed by atoms with Crippen LogP contribution in [0, 0.1) is 0 Å². The van der Waals surface area contributed by atoms with E-state index in [0.717, 1.165) is 17.7 Å². The van der Waals surface area contributed by atoms with Crippen molar-refractivity contribution in [2.24, 2.45) is 0 Å². The summed E-state index contributed by atoms with van der Waals surface area (Å²) in [7, 11) is 0. The van der Waals surface area contributed by atoms with Crippen LogP contribution in [0.1, 0.15) is 49.4 Å². The van der Waals surface area contributed by atoms with E-state index in [2.05, 4.69) is 24.9 Å². The molecular formula is C14H19NOS. The largest absolute Gasteiger partial charge is 0.347 e. The zero-order chi connectivity index (χ0) is 12.3. The molecule has 92 valence electrons. The van der Waals surface area contributed by atoms with Crippen LogP contribution >= 0.6 is 12.6 Å². The fourth-order valence-corrected chi connectivity index (χ4v) is 2.68. The van der Waals surface area contributed by atoms with Gasteiger partial charge in [-0.1, -0.05) is 25.3 Å². The third-order valence-electron chi connectivity index (χ3n) is 3.48. The summed E-state index contributed by atoms with van der Waals surface area (Å²) in [6.45, 7) is 2.15. The van der Waals surface area contributed by atoms with Crippen molar-refractivity contribution in [2.45, 2.75) is 49.5 Å². The Bertz CT molecular complexity index is 410. The van der Waals surface area contributed by atoms with Crippen LogP contribution in [0.5, 0.6) is 0 Å². The fraction of sp³-hybridized carbons (Fsp3) is 0.500. The fourth-order valence-electron chi connectivity index (χ4n) is 2.45. The normalized spacial score (nSPS) is 18.7. The molecule has 1 aromatic carbocycles. The lowest BCUT2D eigenvalue weighted by molar-refractivity contribution is 0.0882. The van der Waals surface area contributed by atoms with Crippen LogP contribution in [0.15, 0.2) is 29.2 Å². The molecule has 3 heteroatoms. The Kier molecular flexibility index (Phi) is 3.77. The number of amides is 1. The quantitative estimate of drug-likeness (QED) is 0.773. The average molecular weight is 249 g/mol. The first-order valence-corrected chi connectivity index (χ1v) is 6.65. The molecule has 1 N–H and O–H groups in total. The molecule has 1 aliphatic rings. The Morgan fingerprint density at radius 3 is 2.65 bits per heavy atom. The van der Waals surface area contributed by atoms with Gasteiger partial charge in [-0.05, 0) is 38.0 Å². The maximum absolute atomic E-state index is 12.1. The second-order valence-corrected chi connectivity index (χ2v) is 5.64. The average Bonchev–Trinajstić information content (AvgIpc) is 2.29. The molecule has 2 rings (SSSR count). The summed E-state index contributed by atoms with van der Waals surface area (Å²) >= 11 is 4.26. The highest BCUT2D eigenvalue weighted by Gasteiger charge is 2.28. The second kappa shape index (κ2) is 5.13. The molecule has 0 aromatic heterocycles. The highest BCUT2D eigenvalue weighted by molar-refractivity contribution is 7.80. The standard InChI is InChI=1S/C14H19NOS/c1-14(8-3-2-4-9-14)15-13(16)11-6-5-7-12(17)10-11/h5-7,10,17H,2-4,8-9H2,1H3,(H,15,16). The number of rotatable bonds is 2. The van der Waals surface area contributed by atoms with Gasteiger partial charge in [0.05, 0.1) is 0 Å². The summed E-state index contributed by atoms with van der Waals surface area (Å²) in [5, 5.41) is 3.17. The molecule has 17 heavy (non-hydrogen) atoms. The van der Waals surface area contributed by atoms with Crippen molar-refractivity contribution < 1.29 is 4.79 Å². The van der Waals surface area contributed by atoms with Gasteiger partial charge in [-0.15, -0.1) is 12.6 Å². The maximum Gasteiger partial charge on any atom is 0.251 e. The van der Waals surface area contributed by atoms with Crippen molar-refractivity contribution in [1.82, 2.24) is 5.32 Å². The van der Waals surface area contributed by atoms with Crippen LogP contribution in [0.25, 0.3) is 0 Å². The highest BCUT2D eigenvalue weighted by Crippen LogP contribution is 2.27. The smallest absolute Gasteiger partial charge is 0.251 e. The Balaban J connectivity index is 2.06. The summed E-state index contributed by atoms with van der Waals surface area (Å²) in [5.41, 5.74) is 0.673. The number of thiol groups is 1. The molecule has 0 heterocycles. The number of hydrogen-bond donors (Lipinski definition) is 2. The summed E-state index contributed by atoms with van der Waals surface area (Å²) in [6.07, 6.45) is 5.88. The molecule has 0 atom stereocenters. The van der Waals surface area contributed by atoms with Gasteiger partial charge in [0.15, 0.2) is 0 Å². The van der Waals surface area contributed by atoms with Crippen molar-refractivity contribution >= 4 is 18.5 Å². The van der Waals surface area contributed by atoms with Crippen LogP contribution < -0.4 is 5.32 Å². The molecule has 0 bridgehead atoms. The van der Waals surface area contributed by atoms with Gasteiger partial charge in [0.1, 0.15) is 0 Å². The summed E-state index contributed by atoms with van der Waals surface area (Å²) in [5.74, 6) is 0.0188. The Hall–Kier alpha value is -0.960. The van der Waals surface area contributed by atoms with E-state index >= 15 is 0 Å². The third-order valence-corrected chi connectivity index (χ3v) is 3.76. The first-order chi connectivity index (χ1) is 8.09. The zero-order valence-corrected chi connectivity index (χ0v) is 11.1. The van der Waals surface area contributed by atoms with Gasteiger partial charge in [0.2, 0.25) is 0 Å². The SMILES string of the molecule is CC1(NC(=O)c2cccc(S)c2)CCCCC1. The van der Waals surface area contributed by atoms with Gasteiger partial charge in [0.25, 0.3) is 5.91 Å². The highest BCUT2D eigenvalue weighted by atomic mass is 32.1. The Morgan fingerprint density at radius 1 is 1.29 bits per heavy atom. The van der Waals surface area contributed by atoms with Gasteiger partial charge >= 0.3 is 0 Å². The number of carbonyl (C=O) groups is 1. The van der Waals surface area contributed by atoms with Crippen LogP contribution in [-0.2, 0) is 0 Å². The number of nitrogens with one attached hydrogen (secondary N) is 1. The van der Waals surface area contributed by atoms with Crippen molar-refractivity contribution in [1.29, 1.82) is 0 Å². The predicted octanol–water partition coefficient (Wildman–Crippen LogP) is 3.43. The van der Waals surface area contributed by atoms with E-state index in [9.17, 15) is 4.79 Å². The third kappa shape index (κ3) is 3.25. The maximum atomic E-state index is 12.1. The number of hydrogen-bond acceptors (Lipinski definition) is 2. The summed E-state index contributed by atoms with van der Waals surface area (Å²) in [6, 6.07) is 7.38. The van der Waals surface area contributed by atoms with Crippen LogP contribution in [0.2, 0.25) is 0 Å². The van der Waals surface area contributed by atoms with E-state index < -0.39 is 0 Å². The molecule has 1 aliphatic carbocycles. The van der Waals surface area contributed by atoms with E-state index in [1.165, 1.54) is 19.3 Å². The first-order valence-electron chi connectivity index (χ1n) is 6.21.